The Kier molecular flexibility index (Phi) is 5.34. The van der Waals surface area contributed by atoms with E-state index in [1.807, 2.05) is 26.0 Å². The largest absolute Gasteiger partial charge is 0.464 e. The molecule has 3 aromatic rings. The Hall–Kier alpha value is -3.13. The Morgan fingerprint density at radius 2 is 2.03 bits per heavy atom. The Morgan fingerprint density at radius 3 is 2.80 bits per heavy atom. The van der Waals surface area contributed by atoms with Gasteiger partial charge in [-0.25, -0.2) is 8.42 Å². The summed E-state index contributed by atoms with van der Waals surface area (Å²) in [6, 6.07) is 10.1. The predicted molar refractivity (Wildman–Crippen MR) is 116 cm³/mol. The molecule has 1 aliphatic rings. The molecule has 0 bridgehead atoms. The zero-order valence-electron chi connectivity index (χ0n) is 16.9. The molecule has 2 heterocycles. The molecule has 1 aromatic heterocycles. The molecule has 2 N–H and O–H groups in total. The first kappa shape index (κ1) is 20.2. The van der Waals surface area contributed by atoms with Gasteiger partial charge in [0, 0.05) is 29.6 Å². The van der Waals surface area contributed by atoms with Crippen LogP contribution in [0.1, 0.15) is 29.5 Å². The molecule has 0 spiro atoms. The maximum absolute atomic E-state index is 12.6. The van der Waals surface area contributed by atoms with Gasteiger partial charge in [-0.2, -0.15) is 0 Å². The third-order valence-electron chi connectivity index (χ3n) is 5.25. The fourth-order valence-corrected chi connectivity index (χ4v) is 4.62. The minimum atomic E-state index is -3.74. The summed E-state index contributed by atoms with van der Waals surface area (Å²) in [6.45, 7) is 4.64. The first-order valence-electron chi connectivity index (χ1n) is 9.76. The van der Waals surface area contributed by atoms with Crippen molar-refractivity contribution in [3.63, 3.8) is 0 Å². The molecule has 1 amide bonds. The van der Waals surface area contributed by atoms with E-state index in [2.05, 4.69) is 15.0 Å². The summed E-state index contributed by atoms with van der Waals surface area (Å²) in [4.78, 5) is 16.8. The Bertz CT molecular complexity index is 1260. The highest BCUT2D eigenvalue weighted by Crippen LogP contribution is 2.27. The van der Waals surface area contributed by atoms with Gasteiger partial charge in [0.25, 0.3) is 10.0 Å². The Morgan fingerprint density at radius 1 is 1.20 bits per heavy atom. The third-order valence-corrected chi connectivity index (χ3v) is 6.63. The lowest BCUT2D eigenvalue weighted by Gasteiger charge is -2.10. The number of furan rings is 1. The molecule has 0 saturated heterocycles. The number of carbonyl (C=O) groups is 1. The number of amides is 1. The average molecular weight is 426 g/mol. The summed E-state index contributed by atoms with van der Waals surface area (Å²) in [5.74, 6) is 0.223. The predicted octanol–water partition coefficient (Wildman–Crippen LogP) is 3.70. The number of aliphatic imine (C=N–C) groups is 1. The molecular weight excluding hydrogens is 402 g/mol. The van der Waals surface area contributed by atoms with Crippen LogP contribution in [0.4, 0.5) is 5.69 Å². The molecule has 0 fully saturated rings. The van der Waals surface area contributed by atoms with E-state index in [4.69, 9.17) is 4.42 Å². The standard InChI is InChI=1S/C22H23N3O4S/c1-14-8-9-19-16(13-29-22(19)15(14)2)11-21(26)24-17-5-3-6-18(12-17)30(27,28)25-20-7-4-10-23-20/h3,5-6,8-9,12-13H,4,7,10-11H2,1-2H3,(H,23,25)(H,24,26). The van der Waals surface area contributed by atoms with E-state index in [-0.39, 0.29) is 17.2 Å². The summed E-state index contributed by atoms with van der Waals surface area (Å²) in [5.41, 5.74) is 4.16. The number of fused-ring (bicyclic) bond motifs is 1. The molecule has 0 aliphatic carbocycles. The van der Waals surface area contributed by atoms with E-state index in [1.54, 1.807) is 18.4 Å². The summed E-state index contributed by atoms with van der Waals surface area (Å²) in [7, 11) is -3.74. The molecule has 0 radical (unpaired) electrons. The van der Waals surface area contributed by atoms with Gasteiger partial charge in [-0.3, -0.25) is 14.5 Å². The summed E-state index contributed by atoms with van der Waals surface area (Å²) >= 11 is 0. The van der Waals surface area contributed by atoms with Crippen LogP contribution in [-0.4, -0.2) is 26.7 Å². The molecule has 7 nitrogen and oxygen atoms in total. The molecule has 0 saturated carbocycles. The highest BCUT2D eigenvalue weighted by Gasteiger charge is 2.19. The molecule has 4 rings (SSSR count). The molecule has 8 heteroatoms. The summed E-state index contributed by atoms with van der Waals surface area (Å²) in [5, 5.41) is 3.68. The molecule has 156 valence electrons. The second-order valence-electron chi connectivity index (χ2n) is 7.44. The van der Waals surface area contributed by atoms with E-state index in [0.29, 0.717) is 24.5 Å². The molecular formula is C22H23N3O4S. The van der Waals surface area contributed by atoms with Crippen LogP contribution in [0.2, 0.25) is 0 Å². The minimum absolute atomic E-state index is 0.0785. The number of nitrogens with zero attached hydrogens (tertiary/aromatic N) is 1. The first-order valence-corrected chi connectivity index (χ1v) is 11.2. The molecule has 1 aliphatic heterocycles. The molecule has 30 heavy (non-hydrogen) atoms. The van der Waals surface area contributed by atoms with Gasteiger partial charge in [0.2, 0.25) is 5.91 Å². The van der Waals surface area contributed by atoms with E-state index in [0.717, 1.165) is 34.1 Å². The normalized spacial score (nSPS) is 14.0. The number of anilines is 1. The van der Waals surface area contributed by atoms with Crippen LogP contribution in [0, 0.1) is 13.8 Å². The second-order valence-corrected chi connectivity index (χ2v) is 9.12. The van der Waals surface area contributed by atoms with Crippen LogP contribution in [0.15, 0.2) is 57.0 Å². The lowest BCUT2D eigenvalue weighted by Crippen LogP contribution is -2.29. The van der Waals surface area contributed by atoms with Gasteiger partial charge in [0.15, 0.2) is 0 Å². The van der Waals surface area contributed by atoms with E-state index < -0.39 is 10.0 Å². The smallest absolute Gasteiger partial charge is 0.262 e. The lowest BCUT2D eigenvalue weighted by molar-refractivity contribution is -0.115. The highest BCUT2D eigenvalue weighted by molar-refractivity contribution is 7.90. The number of benzene rings is 2. The fourth-order valence-electron chi connectivity index (χ4n) is 3.48. The van der Waals surface area contributed by atoms with E-state index in [9.17, 15) is 13.2 Å². The van der Waals surface area contributed by atoms with Gasteiger partial charge in [0.1, 0.15) is 11.4 Å². The summed E-state index contributed by atoms with van der Waals surface area (Å²) < 4.78 is 33.3. The highest BCUT2D eigenvalue weighted by atomic mass is 32.2. The fraction of sp³-hybridized carbons (Fsp3) is 0.273. The van der Waals surface area contributed by atoms with Crippen molar-refractivity contribution in [3.8, 4) is 0 Å². The quantitative estimate of drug-likeness (QED) is 0.651. The van der Waals surface area contributed by atoms with Crippen molar-refractivity contribution in [2.45, 2.75) is 38.0 Å². The van der Waals surface area contributed by atoms with Crippen LogP contribution in [0.3, 0.4) is 0 Å². The number of carbonyl (C=O) groups excluding carboxylic acids is 1. The van der Waals surface area contributed by atoms with Crippen molar-refractivity contribution < 1.29 is 17.6 Å². The van der Waals surface area contributed by atoms with Gasteiger partial charge in [0.05, 0.1) is 17.6 Å². The van der Waals surface area contributed by atoms with Crippen molar-refractivity contribution in [1.82, 2.24) is 4.72 Å². The number of sulfonamides is 1. The summed E-state index contributed by atoms with van der Waals surface area (Å²) in [6.07, 6.45) is 3.19. The van der Waals surface area contributed by atoms with Gasteiger partial charge < -0.3 is 9.73 Å². The monoisotopic (exact) mass is 425 g/mol. The number of amidine groups is 1. The first-order chi connectivity index (χ1) is 14.3. The maximum atomic E-state index is 12.6. The molecule has 0 unspecified atom stereocenters. The van der Waals surface area contributed by atoms with Gasteiger partial charge in [-0.05, 0) is 49.6 Å². The average Bonchev–Trinajstić information content (AvgIpc) is 3.35. The van der Waals surface area contributed by atoms with Crippen LogP contribution in [0.5, 0.6) is 0 Å². The minimum Gasteiger partial charge on any atom is -0.464 e. The number of nitrogens with one attached hydrogen (secondary N) is 2. The van der Waals surface area contributed by atoms with E-state index >= 15 is 0 Å². The molecule has 2 aromatic carbocycles. The number of hydrogen-bond donors (Lipinski definition) is 2. The second kappa shape index (κ2) is 7.95. The third kappa shape index (κ3) is 4.09. The Labute approximate surface area is 175 Å². The van der Waals surface area contributed by atoms with Gasteiger partial charge in [-0.1, -0.05) is 18.2 Å². The number of aryl methyl sites for hydroxylation is 2. The topological polar surface area (TPSA) is 101 Å². The van der Waals surface area contributed by atoms with Crippen molar-refractivity contribution in [2.24, 2.45) is 4.99 Å². The van der Waals surface area contributed by atoms with E-state index in [1.165, 1.54) is 12.1 Å². The molecule has 0 atom stereocenters. The maximum Gasteiger partial charge on any atom is 0.262 e. The number of rotatable bonds is 5. The lowest BCUT2D eigenvalue weighted by atomic mass is 10.0. The van der Waals surface area contributed by atoms with Crippen LogP contribution >= 0.6 is 0 Å². The Balaban J connectivity index is 1.49. The number of hydrogen-bond acceptors (Lipinski definition) is 5. The van der Waals surface area contributed by atoms with Crippen molar-refractivity contribution >= 4 is 38.4 Å². The SMILES string of the molecule is Cc1ccc2c(CC(=O)Nc3cccc(S(=O)(=O)NC4=NCCC4)c3)coc2c1C. The van der Waals surface area contributed by atoms with Crippen molar-refractivity contribution in [1.29, 1.82) is 0 Å². The van der Waals surface area contributed by atoms with Gasteiger partial charge in [-0.15, -0.1) is 0 Å². The van der Waals surface area contributed by atoms with Crippen LogP contribution < -0.4 is 10.0 Å². The van der Waals surface area contributed by atoms with Crippen molar-refractivity contribution in [3.05, 3.63) is 59.4 Å². The van der Waals surface area contributed by atoms with Crippen LogP contribution in [-0.2, 0) is 21.2 Å². The zero-order valence-corrected chi connectivity index (χ0v) is 17.7. The van der Waals surface area contributed by atoms with Gasteiger partial charge >= 0.3 is 0 Å². The van der Waals surface area contributed by atoms with Crippen LogP contribution in [0.25, 0.3) is 11.0 Å². The zero-order chi connectivity index (χ0) is 21.3. The van der Waals surface area contributed by atoms with Crippen molar-refractivity contribution in [2.75, 3.05) is 11.9 Å².